The highest BCUT2D eigenvalue weighted by atomic mass is 16.5. The van der Waals surface area contributed by atoms with E-state index in [2.05, 4.69) is 58.9 Å². The van der Waals surface area contributed by atoms with Gasteiger partial charge in [-0.3, -0.25) is 0 Å². The van der Waals surface area contributed by atoms with Crippen LogP contribution < -0.4 is 10.6 Å². The summed E-state index contributed by atoms with van der Waals surface area (Å²) in [6, 6.07) is 20.6. The molecule has 4 rings (SSSR count). The van der Waals surface area contributed by atoms with E-state index in [1.54, 1.807) is 0 Å². The van der Waals surface area contributed by atoms with E-state index in [1.165, 1.54) is 5.56 Å². The SMILES string of the molecule is CCc1ccc(Nc2nc(NCC3CCCO3)cc(-c3ccccc3)n2)cc1. The summed E-state index contributed by atoms with van der Waals surface area (Å²) < 4.78 is 5.72. The van der Waals surface area contributed by atoms with E-state index < -0.39 is 0 Å². The van der Waals surface area contributed by atoms with Crippen LogP contribution in [0.15, 0.2) is 60.7 Å². The van der Waals surface area contributed by atoms with Gasteiger partial charge in [0.05, 0.1) is 11.8 Å². The van der Waals surface area contributed by atoms with E-state index in [0.29, 0.717) is 5.95 Å². The van der Waals surface area contributed by atoms with Crippen LogP contribution in [0, 0.1) is 0 Å². The zero-order chi connectivity index (χ0) is 19.2. The Kier molecular flexibility index (Phi) is 5.83. The van der Waals surface area contributed by atoms with Gasteiger partial charge in [0.1, 0.15) is 5.82 Å². The molecule has 1 fully saturated rings. The highest BCUT2D eigenvalue weighted by Crippen LogP contribution is 2.24. The van der Waals surface area contributed by atoms with Crippen molar-refractivity contribution in [2.24, 2.45) is 0 Å². The Balaban J connectivity index is 1.58. The maximum absolute atomic E-state index is 5.72. The lowest BCUT2D eigenvalue weighted by Crippen LogP contribution is -2.19. The summed E-state index contributed by atoms with van der Waals surface area (Å²) in [6.45, 7) is 3.77. The van der Waals surface area contributed by atoms with E-state index in [9.17, 15) is 0 Å². The van der Waals surface area contributed by atoms with Crippen LogP contribution >= 0.6 is 0 Å². The van der Waals surface area contributed by atoms with Crippen LogP contribution in [0.2, 0.25) is 0 Å². The van der Waals surface area contributed by atoms with Crippen LogP contribution in [0.4, 0.5) is 17.5 Å². The maximum Gasteiger partial charge on any atom is 0.229 e. The highest BCUT2D eigenvalue weighted by Gasteiger charge is 2.16. The maximum atomic E-state index is 5.72. The molecule has 1 aromatic heterocycles. The van der Waals surface area contributed by atoms with E-state index in [-0.39, 0.29) is 6.10 Å². The minimum atomic E-state index is 0.258. The summed E-state index contributed by atoms with van der Waals surface area (Å²) in [4.78, 5) is 9.40. The van der Waals surface area contributed by atoms with Crippen LogP contribution in [0.1, 0.15) is 25.3 Å². The van der Waals surface area contributed by atoms with Crippen LogP contribution in [0.5, 0.6) is 0 Å². The van der Waals surface area contributed by atoms with Gasteiger partial charge < -0.3 is 15.4 Å². The number of aromatic nitrogens is 2. The molecule has 1 saturated heterocycles. The quantitative estimate of drug-likeness (QED) is 0.607. The third kappa shape index (κ3) is 4.67. The molecule has 1 aliphatic rings. The Labute approximate surface area is 166 Å². The molecule has 0 spiro atoms. The Morgan fingerprint density at radius 2 is 1.86 bits per heavy atom. The normalized spacial score (nSPS) is 16.1. The second-order valence-corrected chi connectivity index (χ2v) is 7.02. The Hall–Kier alpha value is -2.92. The van der Waals surface area contributed by atoms with E-state index in [0.717, 1.165) is 55.2 Å². The van der Waals surface area contributed by atoms with Gasteiger partial charge in [0.25, 0.3) is 0 Å². The van der Waals surface area contributed by atoms with Gasteiger partial charge in [-0.05, 0) is 37.0 Å². The molecule has 2 heterocycles. The van der Waals surface area contributed by atoms with Crippen molar-refractivity contribution in [3.8, 4) is 11.3 Å². The summed E-state index contributed by atoms with van der Waals surface area (Å²) in [5, 5.41) is 6.77. The second kappa shape index (κ2) is 8.85. The number of ether oxygens (including phenoxy) is 1. The van der Waals surface area contributed by atoms with Crippen molar-refractivity contribution in [3.63, 3.8) is 0 Å². The van der Waals surface area contributed by atoms with Crippen molar-refractivity contribution >= 4 is 17.5 Å². The minimum Gasteiger partial charge on any atom is -0.376 e. The van der Waals surface area contributed by atoms with Gasteiger partial charge in [-0.2, -0.15) is 4.98 Å². The lowest BCUT2D eigenvalue weighted by molar-refractivity contribution is 0.120. The smallest absolute Gasteiger partial charge is 0.229 e. The molecule has 2 aromatic carbocycles. The second-order valence-electron chi connectivity index (χ2n) is 7.02. The molecule has 1 atom stereocenters. The highest BCUT2D eigenvalue weighted by molar-refractivity contribution is 5.66. The predicted molar refractivity (Wildman–Crippen MR) is 114 cm³/mol. The van der Waals surface area contributed by atoms with Crippen LogP contribution in [0.25, 0.3) is 11.3 Å². The number of hydrogen-bond acceptors (Lipinski definition) is 5. The summed E-state index contributed by atoms with van der Waals surface area (Å²) in [5.41, 5.74) is 4.24. The number of aryl methyl sites for hydroxylation is 1. The summed E-state index contributed by atoms with van der Waals surface area (Å²) in [7, 11) is 0. The molecular formula is C23H26N4O. The largest absolute Gasteiger partial charge is 0.376 e. The molecule has 1 aliphatic heterocycles. The monoisotopic (exact) mass is 374 g/mol. The zero-order valence-electron chi connectivity index (χ0n) is 16.2. The Morgan fingerprint density at radius 3 is 2.57 bits per heavy atom. The molecule has 28 heavy (non-hydrogen) atoms. The van der Waals surface area contributed by atoms with E-state index in [4.69, 9.17) is 9.72 Å². The Morgan fingerprint density at radius 1 is 1.04 bits per heavy atom. The molecule has 5 nitrogen and oxygen atoms in total. The molecule has 0 amide bonds. The van der Waals surface area contributed by atoms with Crippen LogP contribution in [0.3, 0.4) is 0 Å². The standard InChI is InChI=1S/C23H26N4O/c1-2-17-10-12-19(13-11-17)25-23-26-21(18-7-4-3-5-8-18)15-22(27-23)24-16-20-9-6-14-28-20/h3-5,7-8,10-13,15,20H,2,6,9,14,16H2,1H3,(H2,24,25,26,27). The van der Waals surface area contributed by atoms with Crippen molar-refractivity contribution in [2.75, 3.05) is 23.8 Å². The predicted octanol–water partition coefficient (Wildman–Crippen LogP) is 5.04. The van der Waals surface area contributed by atoms with Gasteiger partial charge >= 0.3 is 0 Å². The molecular weight excluding hydrogens is 348 g/mol. The first-order valence-electron chi connectivity index (χ1n) is 9.96. The third-order valence-electron chi connectivity index (χ3n) is 4.95. The summed E-state index contributed by atoms with van der Waals surface area (Å²) >= 11 is 0. The summed E-state index contributed by atoms with van der Waals surface area (Å²) in [5.74, 6) is 1.39. The van der Waals surface area contributed by atoms with E-state index in [1.807, 2.05) is 24.3 Å². The molecule has 1 unspecified atom stereocenters. The molecule has 2 N–H and O–H groups in total. The van der Waals surface area contributed by atoms with Crippen LogP contribution in [-0.2, 0) is 11.2 Å². The number of nitrogens with zero attached hydrogens (tertiary/aromatic N) is 2. The first kappa shape index (κ1) is 18.4. The number of anilines is 3. The van der Waals surface area contributed by atoms with Gasteiger partial charge in [0.15, 0.2) is 0 Å². The fraction of sp³-hybridized carbons (Fsp3) is 0.304. The molecule has 5 heteroatoms. The molecule has 0 saturated carbocycles. The topological polar surface area (TPSA) is 59.1 Å². The Bertz CT molecular complexity index is 890. The number of rotatable bonds is 7. The van der Waals surface area contributed by atoms with Gasteiger partial charge in [-0.25, -0.2) is 4.98 Å². The van der Waals surface area contributed by atoms with Crippen molar-refractivity contribution in [1.82, 2.24) is 9.97 Å². The lowest BCUT2D eigenvalue weighted by Gasteiger charge is -2.14. The molecule has 3 aromatic rings. The fourth-order valence-corrected chi connectivity index (χ4v) is 3.33. The van der Waals surface area contributed by atoms with Gasteiger partial charge in [0.2, 0.25) is 5.95 Å². The average Bonchev–Trinajstić information content (AvgIpc) is 3.27. The van der Waals surface area contributed by atoms with Crippen LogP contribution in [-0.4, -0.2) is 29.2 Å². The number of nitrogens with one attached hydrogen (secondary N) is 2. The number of hydrogen-bond donors (Lipinski definition) is 2. The minimum absolute atomic E-state index is 0.258. The van der Waals surface area contributed by atoms with Gasteiger partial charge in [-0.15, -0.1) is 0 Å². The average molecular weight is 374 g/mol. The van der Waals surface area contributed by atoms with Crippen molar-refractivity contribution in [2.45, 2.75) is 32.3 Å². The van der Waals surface area contributed by atoms with Crippen molar-refractivity contribution in [1.29, 1.82) is 0 Å². The first-order valence-corrected chi connectivity index (χ1v) is 9.96. The molecule has 0 aliphatic carbocycles. The third-order valence-corrected chi connectivity index (χ3v) is 4.95. The van der Waals surface area contributed by atoms with E-state index >= 15 is 0 Å². The van der Waals surface area contributed by atoms with Gasteiger partial charge in [0, 0.05) is 30.5 Å². The lowest BCUT2D eigenvalue weighted by atomic mass is 10.1. The summed E-state index contributed by atoms with van der Waals surface area (Å²) in [6.07, 6.45) is 3.51. The fourth-order valence-electron chi connectivity index (χ4n) is 3.33. The number of benzene rings is 2. The molecule has 144 valence electrons. The van der Waals surface area contributed by atoms with Gasteiger partial charge in [-0.1, -0.05) is 49.4 Å². The zero-order valence-corrected chi connectivity index (χ0v) is 16.2. The van der Waals surface area contributed by atoms with Crippen molar-refractivity contribution < 1.29 is 4.74 Å². The molecule has 0 radical (unpaired) electrons. The first-order chi connectivity index (χ1) is 13.8. The van der Waals surface area contributed by atoms with Crippen molar-refractivity contribution in [3.05, 3.63) is 66.2 Å². The molecule has 0 bridgehead atoms.